The Morgan fingerprint density at radius 1 is 0.370 bits per heavy atom. The van der Waals surface area contributed by atoms with Crippen molar-refractivity contribution in [2.24, 2.45) is 0 Å². The molecule has 2 heteroatoms. The topological polar surface area (TPSA) is 3.24 Å². The zero-order valence-corrected chi connectivity index (χ0v) is 31.9. The van der Waals surface area contributed by atoms with Gasteiger partial charge in [0.1, 0.15) is 0 Å². The molecule has 0 fully saturated rings. The molecule has 8 aromatic carbocycles. The van der Waals surface area contributed by atoms with Gasteiger partial charge < -0.3 is 4.90 Å². The van der Waals surface area contributed by atoms with Crippen LogP contribution < -0.4 is 4.90 Å². The van der Waals surface area contributed by atoms with E-state index in [9.17, 15) is 0 Å². The second-order valence-electron chi connectivity index (χ2n) is 15.0. The number of rotatable bonds is 6. The summed E-state index contributed by atoms with van der Waals surface area (Å²) in [6.45, 7) is 4.71. The lowest BCUT2D eigenvalue weighted by Crippen LogP contribution is -2.29. The summed E-state index contributed by atoms with van der Waals surface area (Å²) in [7, 11) is 0. The highest BCUT2D eigenvalue weighted by molar-refractivity contribution is 9.10. The minimum Gasteiger partial charge on any atom is -0.310 e. The molecule has 0 saturated carbocycles. The first kappa shape index (κ1) is 32.7. The summed E-state index contributed by atoms with van der Waals surface area (Å²) in [5.74, 6) is 0. The number of anilines is 3. The Kier molecular flexibility index (Phi) is 7.61. The molecule has 2 aliphatic rings. The van der Waals surface area contributed by atoms with E-state index in [1.165, 1.54) is 66.8 Å². The third-order valence-corrected chi connectivity index (χ3v) is 12.5. The van der Waals surface area contributed by atoms with Gasteiger partial charge in [0.15, 0.2) is 0 Å². The van der Waals surface area contributed by atoms with Gasteiger partial charge >= 0.3 is 0 Å². The van der Waals surface area contributed by atoms with E-state index in [2.05, 4.69) is 229 Å². The Hall–Kier alpha value is -5.96. The highest BCUT2D eigenvalue weighted by Crippen LogP contribution is 2.58. The molecule has 0 unspecified atom stereocenters. The predicted octanol–water partition coefficient (Wildman–Crippen LogP) is 14.3. The number of hydrogen-bond donors (Lipinski definition) is 0. The predicted molar refractivity (Wildman–Crippen MR) is 229 cm³/mol. The van der Waals surface area contributed by atoms with E-state index in [0.717, 1.165) is 21.5 Å². The second-order valence-corrected chi connectivity index (χ2v) is 15.9. The van der Waals surface area contributed by atoms with E-state index in [0.29, 0.717) is 0 Å². The van der Waals surface area contributed by atoms with Crippen molar-refractivity contribution in [3.05, 3.63) is 232 Å². The van der Waals surface area contributed by atoms with Gasteiger partial charge in [0.05, 0.1) is 5.41 Å². The Balaban J connectivity index is 1.15. The van der Waals surface area contributed by atoms with Crippen LogP contribution in [0.3, 0.4) is 0 Å². The van der Waals surface area contributed by atoms with Crippen molar-refractivity contribution < 1.29 is 0 Å². The molecule has 258 valence electrons. The van der Waals surface area contributed by atoms with Crippen LogP contribution in [-0.2, 0) is 10.8 Å². The minimum absolute atomic E-state index is 0.104. The second kappa shape index (κ2) is 12.6. The molecule has 8 aromatic rings. The zero-order chi connectivity index (χ0) is 36.4. The molecule has 10 rings (SSSR count). The molecule has 0 radical (unpaired) electrons. The van der Waals surface area contributed by atoms with Crippen LogP contribution in [0.1, 0.15) is 47.2 Å². The molecule has 2 aliphatic carbocycles. The van der Waals surface area contributed by atoms with Gasteiger partial charge in [0.2, 0.25) is 0 Å². The summed E-state index contributed by atoms with van der Waals surface area (Å²) in [4.78, 5) is 2.42. The van der Waals surface area contributed by atoms with Crippen LogP contribution in [0.25, 0.3) is 33.4 Å². The fourth-order valence-electron chi connectivity index (χ4n) is 9.33. The molecule has 0 amide bonds. The van der Waals surface area contributed by atoms with Crippen LogP contribution in [0, 0.1) is 0 Å². The lowest BCUT2D eigenvalue weighted by atomic mass is 9.67. The third kappa shape index (κ3) is 4.83. The maximum Gasteiger partial charge on any atom is 0.0724 e. The molecule has 0 heterocycles. The van der Waals surface area contributed by atoms with Gasteiger partial charge in [-0.2, -0.15) is 0 Å². The Morgan fingerprint density at radius 3 is 1.43 bits per heavy atom. The zero-order valence-electron chi connectivity index (χ0n) is 30.3. The molecule has 0 aliphatic heterocycles. The molecule has 0 atom stereocenters. The van der Waals surface area contributed by atoms with Crippen LogP contribution in [0.2, 0.25) is 0 Å². The Bertz CT molecular complexity index is 2640. The van der Waals surface area contributed by atoms with Crippen LogP contribution in [0.5, 0.6) is 0 Å². The minimum atomic E-state index is -0.489. The van der Waals surface area contributed by atoms with Crippen LogP contribution in [-0.4, -0.2) is 0 Å². The molecule has 0 aromatic heterocycles. The van der Waals surface area contributed by atoms with Gasteiger partial charge in [-0.15, -0.1) is 0 Å². The maximum atomic E-state index is 4.00. The average Bonchev–Trinajstić information content (AvgIpc) is 3.65. The monoisotopic (exact) mass is 755 g/mol. The van der Waals surface area contributed by atoms with E-state index in [1.54, 1.807) is 0 Å². The summed E-state index contributed by atoms with van der Waals surface area (Å²) < 4.78 is 1.10. The molecule has 0 spiro atoms. The van der Waals surface area contributed by atoms with E-state index in [-0.39, 0.29) is 5.41 Å². The quantitative estimate of drug-likeness (QED) is 0.163. The first-order valence-electron chi connectivity index (χ1n) is 18.7. The summed E-state index contributed by atoms with van der Waals surface area (Å²) in [6.07, 6.45) is 0. The van der Waals surface area contributed by atoms with Crippen LogP contribution in [0.4, 0.5) is 17.1 Å². The van der Waals surface area contributed by atoms with Gasteiger partial charge in [0, 0.05) is 26.9 Å². The SMILES string of the molecule is CC1(C)c2ccccc2-c2ccc(N(c3ccc(-c4ccccc4)cc3)c3ccc(C4(c5ccccc5Br)c5ccccc5-c5ccccc54)cc3)cc21. The summed E-state index contributed by atoms with van der Waals surface area (Å²) in [5, 5.41) is 0. The van der Waals surface area contributed by atoms with Crippen molar-refractivity contribution in [1.29, 1.82) is 0 Å². The molecular weight excluding hydrogens is 718 g/mol. The molecule has 1 nitrogen and oxygen atoms in total. The number of fused-ring (bicyclic) bond motifs is 6. The smallest absolute Gasteiger partial charge is 0.0724 e. The summed E-state index contributed by atoms with van der Waals surface area (Å²) in [5.41, 5.74) is 18.3. The van der Waals surface area contributed by atoms with E-state index >= 15 is 0 Å². The van der Waals surface area contributed by atoms with E-state index < -0.39 is 5.41 Å². The van der Waals surface area contributed by atoms with Crippen molar-refractivity contribution in [1.82, 2.24) is 0 Å². The first-order valence-corrected chi connectivity index (χ1v) is 19.5. The molecule has 0 N–H and O–H groups in total. The van der Waals surface area contributed by atoms with Gasteiger partial charge in [0.25, 0.3) is 0 Å². The van der Waals surface area contributed by atoms with Crippen molar-refractivity contribution in [3.8, 4) is 33.4 Å². The van der Waals surface area contributed by atoms with Gasteiger partial charge in [-0.3, -0.25) is 0 Å². The highest BCUT2D eigenvalue weighted by atomic mass is 79.9. The fraction of sp³-hybridized carbons (Fsp3) is 0.0769. The fourth-order valence-corrected chi connectivity index (χ4v) is 9.91. The lowest BCUT2D eigenvalue weighted by molar-refractivity contribution is 0.660. The van der Waals surface area contributed by atoms with Crippen molar-refractivity contribution in [3.63, 3.8) is 0 Å². The first-order chi connectivity index (χ1) is 26.5. The normalized spacial score (nSPS) is 14.1. The number of halogens is 1. The molecule has 0 saturated heterocycles. The highest BCUT2D eigenvalue weighted by Gasteiger charge is 2.47. The largest absolute Gasteiger partial charge is 0.310 e. The van der Waals surface area contributed by atoms with Crippen molar-refractivity contribution in [2.45, 2.75) is 24.7 Å². The number of nitrogens with zero attached hydrogens (tertiary/aromatic N) is 1. The Morgan fingerprint density at radius 2 is 0.815 bits per heavy atom. The number of benzene rings is 8. The van der Waals surface area contributed by atoms with Crippen LogP contribution in [0.15, 0.2) is 199 Å². The standard InChI is InChI=1S/C52H38BrN/c1-51(2)45-19-9-6-16-41(45)44-33-32-40(34-49(44)51)54(38-28-24-36(25-29-38)35-14-4-3-5-15-35)39-30-26-37(27-31-39)52(48-22-12-13-23-50(48)53)46-20-10-7-17-42(46)43-18-8-11-21-47(43)52/h3-34H,1-2H3. The number of hydrogen-bond acceptors (Lipinski definition) is 1. The molecule has 0 bridgehead atoms. The molecule has 54 heavy (non-hydrogen) atoms. The maximum absolute atomic E-state index is 4.00. The van der Waals surface area contributed by atoms with E-state index in [4.69, 9.17) is 0 Å². The van der Waals surface area contributed by atoms with Crippen molar-refractivity contribution in [2.75, 3.05) is 4.90 Å². The van der Waals surface area contributed by atoms with Gasteiger partial charge in [-0.1, -0.05) is 181 Å². The lowest BCUT2D eigenvalue weighted by Gasteiger charge is -2.35. The average molecular weight is 757 g/mol. The van der Waals surface area contributed by atoms with Crippen molar-refractivity contribution >= 4 is 33.0 Å². The Labute approximate surface area is 326 Å². The van der Waals surface area contributed by atoms with Gasteiger partial charge in [-0.05, 0) is 109 Å². The summed E-state index contributed by atoms with van der Waals surface area (Å²) in [6, 6.07) is 71.4. The van der Waals surface area contributed by atoms with Gasteiger partial charge in [-0.25, -0.2) is 0 Å². The van der Waals surface area contributed by atoms with E-state index in [1.807, 2.05) is 0 Å². The molecular formula is C52H38BrN. The summed E-state index contributed by atoms with van der Waals surface area (Å²) >= 11 is 4.00. The van der Waals surface area contributed by atoms with Crippen LogP contribution >= 0.6 is 15.9 Å². The third-order valence-electron chi connectivity index (χ3n) is 11.8.